The fraction of sp³-hybridized carbons (Fsp3) is 0.304. The van der Waals surface area contributed by atoms with Crippen LogP contribution in [0.25, 0.3) is 5.69 Å². The van der Waals surface area contributed by atoms with Crippen molar-refractivity contribution in [2.75, 3.05) is 26.2 Å². The van der Waals surface area contributed by atoms with Gasteiger partial charge in [0.25, 0.3) is 0 Å². The topological polar surface area (TPSA) is 75.5 Å². The summed E-state index contributed by atoms with van der Waals surface area (Å²) in [6, 6.07) is 16.5. The van der Waals surface area contributed by atoms with Gasteiger partial charge in [0.2, 0.25) is 15.9 Å². The Balaban J connectivity index is 1.39. The third-order valence-corrected chi connectivity index (χ3v) is 8.52. The van der Waals surface area contributed by atoms with Crippen LogP contribution in [0.15, 0.2) is 77.0 Å². The molecule has 1 saturated heterocycles. The van der Waals surface area contributed by atoms with Gasteiger partial charge in [0.1, 0.15) is 0 Å². The van der Waals surface area contributed by atoms with E-state index >= 15 is 0 Å². The maximum Gasteiger partial charge on any atom is 0.243 e. The summed E-state index contributed by atoms with van der Waals surface area (Å²) in [6.45, 7) is 5.25. The van der Waals surface area contributed by atoms with E-state index in [2.05, 4.69) is 4.98 Å². The van der Waals surface area contributed by atoms with Crippen LogP contribution in [-0.2, 0) is 14.8 Å². The van der Waals surface area contributed by atoms with Crippen LogP contribution in [-0.4, -0.2) is 64.5 Å². The quantitative estimate of drug-likeness (QED) is 0.517. The number of hydrogen-bond donors (Lipinski definition) is 0. The minimum atomic E-state index is -3.54. The SMILES string of the molecule is Cc1ccccc1-n1ccnc1SC(C)C(=O)N1CCN(S(=O)(=O)c2ccccc2)CC1. The van der Waals surface area contributed by atoms with Gasteiger partial charge in [-0.15, -0.1) is 0 Å². The van der Waals surface area contributed by atoms with Gasteiger partial charge in [-0.05, 0) is 37.6 Å². The van der Waals surface area contributed by atoms with Crippen LogP contribution < -0.4 is 0 Å². The van der Waals surface area contributed by atoms with Crippen molar-refractivity contribution in [3.63, 3.8) is 0 Å². The van der Waals surface area contributed by atoms with Gasteiger partial charge in [0.05, 0.1) is 15.8 Å². The molecule has 4 rings (SSSR count). The summed E-state index contributed by atoms with van der Waals surface area (Å²) in [5.74, 6) is -0.00825. The van der Waals surface area contributed by atoms with E-state index in [1.807, 2.05) is 48.9 Å². The molecule has 1 aromatic heterocycles. The van der Waals surface area contributed by atoms with Crippen LogP contribution in [0, 0.1) is 6.92 Å². The van der Waals surface area contributed by atoms with Crippen LogP contribution in [0.5, 0.6) is 0 Å². The number of rotatable bonds is 6. The molecule has 7 nitrogen and oxygen atoms in total. The summed E-state index contributed by atoms with van der Waals surface area (Å²) >= 11 is 1.41. The number of nitrogens with zero attached hydrogens (tertiary/aromatic N) is 4. The average Bonchev–Trinajstić information content (AvgIpc) is 3.27. The summed E-state index contributed by atoms with van der Waals surface area (Å²) < 4.78 is 29.1. The largest absolute Gasteiger partial charge is 0.339 e. The second-order valence-corrected chi connectivity index (χ2v) is 10.9. The van der Waals surface area contributed by atoms with Crippen LogP contribution in [0.4, 0.5) is 0 Å². The predicted octanol–water partition coefficient (Wildman–Crippen LogP) is 3.19. The van der Waals surface area contributed by atoms with Crippen LogP contribution in [0.3, 0.4) is 0 Å². The summed E-state index contributed by atoms with van der Waals surface area (Å²) in [4.78, 5) is 19.5. The first kappa shape index (κ1) is 22.6. The highest BCUT2D eigenvalue weighted by Gasteiger charge is 2.32. The van der Waals surface area contributed by atoms with Gasteiger partial charge in [-0.3, -0.25) is 9.36 Å². The van der Waals surface area contributed by atoms with Crippen molar-refractivity contribution in [3.8, 4) is 5.69 Å². The van der Waals surface area contributed by atoms with E-state index in [9.17, 15) is 13.2 Å². The number of hydrogen-bond acceptors (Lipinski definition) is 5. The van der Waals surface area contributed by atoms with E-state index < -0.39 is 10.0 Å². The number of sulfonamides is 1. The summed E-state index contributed by atoms with van der Waals surface area (Å²) in [5, 5.41) is 0.419. The lowest BCUT2D eigenvalue weighted by Crippen LogP contribution is -2.52. The molecular formula is C23H26N4O3S2. The number of imidazole rings is 1. The zero-order valence-electron chi connectivity index (χ0n) is 18.1. The van der Waals surface area contributed by atoms with Crippen molar-refractivity contribution in [2.45, 2.75) is 29.1 Å². The van der Waals surface area contributed by atoms with Crippen molar-refractivity contribution < 1.29 is 13.2 Å². The second kappa shape index (κ2) is 9.48. The Morgan fingerprint density at radius 3 is 2.34 bits per heavy atom. The van der Waals surface area contributed by atoms with Crippen LogP contribution >= 0.6 is 11.8 Å². The number of aromatic nitrogens is 2. The van der Waals surface area contributed by atoms with Gasteiger partial charge in [-0.25, -0.2) is 13.4 Å². The first-order valence-corrected chi connectivity index (χ1v) is 12.8. The maximum absolute atomic E-state index is 13.1. The third-order valence-electron chi connectivity index (χ3n) is 5.54. The Bertz CT molecular complexity index is 1190. The van der Waals surface area contributed by atoms with Crippen molar-refractivity contribution in [1.29, 1.82) is 0 Å². The van der Waals surface area contributed by atoms with Crippen molar-refractivity contribution in [2.24, 2.45) is 0 Å². The molecule has 1 amide bonds. The van der Waals surface area contributed by atoms with Crippen molar-refractivity contribution in [1.82, 2.24) is 18.8 Å². The highest BCUT2D eigenvalue weighted by Crippen LogP contribution is 2.27. The molecule has 1 atom stereocenters. The number of para-hydroxylation sites is 1. The summed E-state index contributed by atoms with van der Waals surface area (Å²) in [6.07, 6.45) is 3.63. The van der Waals surface area contributed by atoms with Gasteiger partial charge >= 0.3 is 0 Å². The molecule has 0 bridgehead atoms. The molecule has 0 N–H and O–H groups in total. The van der Waals surface area contributed by atoms with Gasteiger partial charge in [0, 0.05) is 38.6 Å². The monoisotopic (exact) mass is 470 g/mol. The Labute approximate surface area is 193 Å². The van der Waals surface area contributed by atoms with Crippen molar-refractivity contribution >= 4 is 27.7 Å². The molecule has 1 aliphatic heterocycles. The number of piperazine rings is 1. The standard InChI is InChI=1S/C23H26N4O3S2/c1-18-8-6-7-11-21(18)27-13-12-24-23(27)31-19(2)22(28)25-14-16-26(17-15-25)32(29,30)20-9-4-3-5-10-20/h3-13,19H,14-17H2,1-2H3. The molecule has 32 heavy (non-hydrogen) atoms. The maximum atomic E-state index is 13.1. The molecule has 2 heterocycles. The molecule has 3 aromatic rings. The Hall–Kier alpha value is -2.62. The van der Waals surface area contributed by atoms with Gasteiger partial charge in [0.15, 0.2) is 5.16 Å². The fourth-order valence-electron chi connectivity index (χ4n) is 3.75. The minimum Gasteiger partial charge on any atom is -0.339 e. The average molecular weight is 471 g/mol. The van der Waals surface area contributed by atoms with E-state index in [0.717, 1.165) is 16.4 Å². The molecule has 0 spiro atoms. The molecule has 1 aliphatic rings. The molecule has 0 radical (unpaired) electrons. The number of amides is 1. The lowest BCUT2D eigenvalue weighted by molar-refractivity contribution is -0.131. The smallest absolute Gasteiger partial charge is 0.243 e. The van der Waals surface area contributed by atoms with E-state index in [1.165, 1.54) is 16.1 Å². The highest BCUT2D eigenvalue weighted by molar-refractivity contribution is 8.00. The second-order valence-electron chi connectivity index (χ2n) is 7.67. The number of benzene rings is 2. The Morgan fingerprint density at radius 2 is 1.66 bits per heavy atom. The molecule has 1 fully saturated rings. The molecule has 0 aliphatic carbocycles. The number of thioether (sulfide) groups is 1. The molecule has 1 unspecified atom stereocenters. The molecule has 0 saturated carbocycles. The zero-order valence-corrected chi connectivity index (χ0v) is 19.7. The van der Waals surface area contributed by atoms with E-state index in [0.29, 0.717) is 13.1 Å². The third kappa shape index (κ3) is 4.60. The molecule has 9 heteroatoms. The predicted molar refractivity (Wildman–Crippen MR) is 125 cm³/mol. The van der Waals surface area contributed by atoms with E-state index in [-0.39, 0.29) is 29.1 Å². The first-order chi connectivity index (χ1) is 15.4. The van der Waals surface area contributed by atoms with Crippen molar-refractivity contribution in [3.05, 3.63) is 72.6 Å². The fourth-order valence-corrected chi connectivity index (χ4v) is 6.15. The lowest BCUT2D eigenvalue weighted by Gasteiger charge is -2.35. The zero-order chi connectivity index (χ0) is 22.7. The highest BCUT2D eigenvalue weighted by atomic mass is 32.2. The van der Waals surface area contributed by atoms with Gasteiger partial charge < -0.3 is 4.90 Å². The van der Waals surface area contributed by atoms with E-state index in [1.54, 1.807) is 41.4 Å². The number of carbonyl (C=O) groups excluding carboxylic acids is 1. The molecular weight excluding hydrogens is 444 g/mol. The summed E-state index contributed by atoms with van der Waals surface area (Å²) in [5.41, 5.74) is 2.16. The minimum absolute atomic E-state index is 0.00825. The Morgan fingerprint density at radius 1 is 1.00 bits per heavy atom. The van der Waals surface area contributed by atoms with E-state index in [4.69, 9.17) is 0 Å². The normalized spacial score (nSPS) is 16.1. The molecule has 168 valence electrons. The first-order valence-electron chi connectivity index (χ1n) is 10.5. The Kier molecular flexibility index (Phi) is 6.68. The number of carbonyl (C=O) groups is 1. The number of aryl methyl sites for hydroxylation is 1. The van der Waals surface area contributed by atoms with Crippen LogP contribution in [0.1, 0.15) is 12.5 Å². The van der Waals surface area contributed by atoms with Crippen LogP contribution in [0.2, 0.25) is 0 Å². The molecule has 2 aromatic carbocycles. The summed E-state index contributed by atoms with van der Waals surface area (Å²) in [7, 11) is -3.54. The van der Waals surface area contributed by atoms with Gasteiger partial charge in [-0.1, -0.05) is 48.2 Å². The van der Waals surface area contributed by atoms with Gasteiger partial charge in [-0.2, -0.15) is 4.31 Å². The lowest BCUT2D eigenvalue weighted by atomic mass is 10.2.